The van der Waals surface area contributed by atoms with Gasteiger partial charge < -0.3 is 15.5 Å². The van der Waals surface area contributed by atoms with Crippen LogP contribution in [-0.4, -0.2) is 29.9 Å². The summed E-state index contributed by atoms with van der Waals surface area (Å²) in [6, 6.07) is 22.6. The lowest BCUT2D eigenvalue weighted by atomic mass is 10.0. The molecular formula is C24H20Cl2N4OS. The minimum Gasteiger partial charge on any atom is -0.359 e. The molecule has 1 aliphatic rings. The highest BCUT2D eigenvalue weighted by molar-refractivity contribution is 7.80. The summed E-state index contributed by atoms with van der Waals surface area (Å²) in [7, 11) is 1.72. The van der Waals surface area contributed by atoms with E-state index in [0.29, 0.717) is 27.4 Å². The molecule has 0 aromatic heterocycles. The van der Waals surface area contributed by atoms with Crippen LogP contribution in [0.3, 0.4) is 0 Å². The third-order valence-corrected chi connectivity index (χ3v) is 5.79. The Bertz CT molecular complexity index is 1200. The number of hydrogen-bond donors (Lipinski definition) is 2. The van der Waals surface area contributed by atoms with E-state index in [1.54, 1.807) is 18.0 Å². The van der Waals surface area contributed by atoms with Crippen molar-refractivity contribution in [3.05, 3.63) is 99.5 Å². The molecule has 0 fully saturated rings. The standard InChI is InChI=1S/C24H20Cl2N4OS/c1-30-20-11-10-18(26)13-19(20)21(16-7-3-2-4-8-16)28-22(23(30)31)29-24(32)27-14-15-6-5-9-17(25)12-15/h2-13,22H,14H2,1H3,(H2,27,29,32). The fraction of sp³-hybridized carbons (Fsp3) is 0.125. The van der Waals surface area contributed by atoms with Gasteiger partial charge >= 0.3 is 0 Å². The third kappa shape index (κ3) is 4.93. The molecule has 1 atom stereocenters. The predicted octanol–water partition coefficient (Wildman–Crippen LogP) is 4.80. The Morgan fingerprint density at radius 1 is 1.03 bits per heavy atom. The fourth-order valence-corrected chi connectivity index (χ4v) is 4.04. The molecule has 5 nitrogen and oxygen atoms in total. The topological polar surface area (TPSA) is 56.7 Å². The van der Waals surface area contributed by atoms with Crippen LogP contribution in [0.5, 0.6) is 0 Å². The summed E-state index contributed by atoms with van der Waals surface area (Å²) in [6.45, 7) is 0.467. The zero-order chi connectivity index (χ0) is 22.7. The summed E-state index contributed by atoms with van der Waals surface area (Å²) in [5.41, 5.74) is 4.02. The maximum atomic E-state index is 13.2. The van der Waals surface area contributed by atoms with E-state index in [2.05, 4.69) is 10.6 Å². The number of halogens is 2. The number of amides is 1. The average Bonchev–Trinajstić information content (AvgIpc) is 2.89. The molecule has 3 aromatic carbocycles. The Morgan fingerprint density at radius 2 is 1.78 bits per heavy atom. The first-order chi connectivity index (χ1) is 15.4. The summed E-state index contributed by atoms with van der Waals surface area (Å²) >= 11 is 17.8. The third-order valence-electron chi connectivity index (χ3n) is 5.05. The summed E-state index contributed by atoms with van der Waals surface area (Å²) < 4.78 is 0. The summed E-state index contributed by atoms with van der Waals surface area (Å²) in [5, 5.41) is 7.70. The van der Waals surface area contributed by atoms with Crippen LogP contribution in [0, 0.1) is 0 Å². The Hall–Kier alpha value is -2.93. The maximum absolute atomic E-state index is 13.2. The number of thiocarbonyl (C=S) groups is 1. The number of fused-ring (bicyclic) bond motifs is 1. The molecule has 1 amide bonds. The molecule has 0 radical (unpaired) electrons. The van der Waals surface area contributed by atoms with Crippen LogP contribution in [0.2, 0.25) is 10.0 Å². The fourth-order valence-electron chi connectivity index (χ4n) is 3.47. The lowest BCUT2D eigenvalue weighted by molar-refractivity contribution is -0.119. The molecule has 8 heteroatoms. The van der Waals surface area contributed by atoms with E-state index in [1.807, 2.05) is 66.7 Å². The number of carbonyl (C=O) groups excluding carboxylic acids is 1. The van der Waals surface area contributed by atoms with E-state index in [-0.39, 0.29) is 5.91 Å². The minimum atomic E-state index is -0.902. The Labute approximate surface area is 202 Å². The first-order valence-corrected chi connectivity index (χ1v) is 11.1. The molecule has 1 aliphatic heterocycles. The van der Waals surface area contributed by atoms with Gasteiger partial charge in [-0.25, -0.2) is 4.99 Å². The van der Waals surface area contributed by atoms with Gasteiger partial charge in [0.25, 0.3) is 5.91 Å². The van der Waals surface area contributed by atoms with Gasteiger partial charge in [-0.15, -0.1) is 0 Å². The van der Waals surface area contributed by atoms with Gasteiger partial charge in [-0.3, -0.25) is 4.79 Å². The smallest absolute Gasteiger partial charge is 0.272 e. The van der Waals surface area contributed by atoms with Crippen LogP contribution in [-0.2, 0) is 11.3 Å². The second-order valence-corrected chi connectivity index (χ2v) is 8.54. The number of nitrogens with zero attached hydrogens (tertiary/aromatic N) is 2. The molecule has 1 unspecified atom stereocenters. The van der Waals surface area contributed by atoms with Crippen molar-refractivity contribution >= 4 is 57.8 Å². The van der Waals surface area contributed by atoms with Gasteiger partial charge in [-0.1, -0.05) is 65.7 Å². The number of nitrogens with one attached hydrogen (secondary N) is 2. The predicted molar refractivity (Wildman–Crippen MR) is 135 cm³/mol. The average molecular weight is 483 g/mol. The maximum Gasteiger partial charge on any atom is 0.272 e. The van der Waals surface area contributed by atoms with Crippen molar-refractivity contribution < 1.29 is 4.79 Å². The monoisotopic (exact) mass is 482 g/mol. The SMILES string of the molecule is CN1C(=O)C(NC(=S)NCc2cccc(Cl)c2)N=C(c2ccccc2)c2cc(Cl)ccc21. The summed E-state index contributed by atoms with van der Waals surface area (Å²) in [6.07, 6.45) is -0.902. The van der Waals surface area contributed by atoms with Crippen molar-refractivity contribution in [3.63, 3.8) is 0 Å². The zero-order valence-corrected chi connectivity index (χ0v) is 19.5. The van der Waals surface area contributed by atoms with E-state index < -0.39 is 6.17 Å². The number of benzodiazepines with no additional fused rings is 1. The quantitative estimate of drug-likeness (QED) is 0.524. The molecule has 4 rings (SSSR count). The number of rotatable bonds is 4. The zero-order valence-electron chi connectivity index (χ0n) is 17.2. The van der Waals surface area contributed by atoms with Crippen molar-refractivity contribution in [2.45, 2.75) is 12.7 Å². The highest BCUT2D eigenvalue weighted by Gasteiger charge is 2.30. The lowest BCUT2D eigenvalue weighted by Gasteiger charge is -2.22. The van der Waals surface area contributed by atoms with E-state index in [9.17, 15) is 4.79 Å². The van der Waals surface area contributed by atoms with Crippen LogP contribution < -0.4 is 15.5 Å². The van der Waals surface area contributed by atoms with Gasteiger partial charge in [0.1, 0.15) is 0 Å². The van der Waals surface area contributed by atoms with Crippen molar-refractivity contribution in [1.82, 2.24) is 10.6 Å². The number of likely N-dealkylation sites (N-methyl/N-ethyl adjacent to an activating group) is 1. The van der Waals surface area contributed by atoms with E-state index >= 15 is 0 Å². The molecular weight excluding hydrogens is 463 g/mol. The van der Waals surface area contributed by atoms with Gasteiger partial charge in [0.15, 0.2) is 5.11 Å². The first kappa shape index (κ1) is 22.3. The Balaban J connectivity index is 1.63. The Morgan fingerprint density at radius 3 is 2.53 bits per heavy atom. The number of aliphatic imine (C=N–C) groups is 1. The Kier molecular flexibility index (Phi) is 6.74. The second kappa shape index (κ2) is 9.69. The summed E-state index contributed by atoms with van der Waals surface area (Å²) in [4.78, 5) is 19.6. The van der Waals surface area contributed by atoms with Crippen molar-refractivity contribution in [2.75, 3.05) is 11.9 Å². The molecule has 2 N–H and O–H groups in total. The molecule has 0 saturated carbocycles. The second-order valence-electron chi connectivity index (χ2n) is 7.26. The molecule has 0 saturated heterocycles. The molecule has 0 spiro atoms. The van der Waals surface area contributed by atoms with Gasteiger partial charge in [-0.2, -0.15) is 0 Å². The molecule has 0 bridgehead atoms. The van der Waals surface area contributed by atoms with Gasteiger partial charge in [0.05, 0.1) is 11.4 Å². The van der Waals surface area contributed by atoms with Gasteiger partial charge in [0.2, 0.25) is 6.17 Å². The van der Waals surface area contributed by atoms with Crippen LogP contribution in [0.25, 0.3) is 0 Å². The number of benzene rings is 3. The number of anilines is 1. The highest BCUT2D eigenvalue weighted by Crippen LogP contribution is 2.29. The van der Waals surface area contributed by atoms with Crippen LogP contribution in [0.1, 0.15) is 16.7 Å². The van der Waals surface area contributed by atoms with Crippen LogP contribution >= 0.6 is 35.4 Å². The van der Waals surface area contributed by atoms with Crippen molar-refractivity contribution in [3.8, 4) is 0 Å². The lowest BCUT2D eigenvalue weighted by Crippen LogP contribution is -2.49. The van der Waals surface area contributed by atoms with E-state index in [0.717, 1.165) is 22.4 Å². The van der Waals surface area contributed by atoms with Crippen LogP contribution in [0.15, 0.2) is 77.8 Å². The molecule has 1 heterocycles. The van der Waals surface area contributed by atoms with Gasteiger partial charge in [-0.05, 0) is 48.1 Å². The molecule has 162 valence electrons. The van der Waals surface area contributed by atoms with Gasteiger partial charge in [0, 0.05) is 34.8 Å². The highest BCUT2D eigenvalue weighted by atomic mass is 35.5. The molecule has 32 heavy (non-hydrogen) atoms. The largest absolute Gasteiger partial charge is 0.359 e. The normalized spacial score (nSPS) is 15.5. The van der Waals surface area contributed by atoms with E-state index in [4.69, 9.17) is 40.4 Å². The molecule has 0 aliphatic carbocycles. The first-order valence-electron chi connectivity index (χ1n) is 9.92. The number of hydrogen-bond acceptors (Lipinski definition) is 3. The van der Waals surface area contributed by atoms with Crippen molar-refractivity contribution in [2.24, 2.45) is 4.99 Å². The molecule has 3 aromatic rings. The van der Waals surface area contributed by atoms with E-state index in [1.165, 1.54) is 0 Å². The summed E-state index contributed by atoms with van der Waals surface area (Å²) in [5.74, 6) is -0.230. The van der Waals surface area contributed by atoms with Crippen molar-refractivity contribution in [1.29, 1.82) is 0 Å². The number of carbonyl (C=O) groups is 1. The minimum absolute atomic E-state index is 0.230. The van der Waals surface area contributed by atoms with Crippen LogP contribution in [0.4, 0.5) is 5.69 Å².